The maximum absolute atomic E-state index is 12.7. The largest absolute Gasteiger partial charge is 0.477 e. The number of carboxylic acids is 1. The Kier molecular flexibility index (Phi) is 13.9. The predicted octanol–water partition coefficient (Wildman–Crippen LogP) is 8.83. The molecule has 2 atom stereocenters. The molecule has 4 aromatic carbocycles. The summed E-state index contributed by atoms with van der Waals surface area (Å²) >= 11 is 1.18. The number of carbonyl (C=O) groups excluding carboxylic acids is 3. The Morgan fingerprint density at radius 3 is 1.70 bits per heavy atom. The fraction of sp³-hybridized carbons (Fsp3) is 0.304. The Hall–Kier alpha value is -5.86. The molecule has 2 N–H and O–H groups in total. The number of likely N-dealkylation sites (tertiary alicyclic amines) is 1. The molecule has 0 unspecified atom stereocenters. The zero-order valence-corrected chi connectivity index (χ0v) is 34.1. The van der Waals surface area contributed by atoms with Crippen molar-refractivity contribution in [3.05, 3.63) is 167 Å². The molecule has 2 fully saturated rings. The van der Waals surface area contributed by atoms with E-state index >= 15 is 0 Å². The number of amides is 3. The summed E-state index contributed by atoms with van der Waals surface area (Å²) in [5.41, 5.74) is 3.70. The van der Waals surface area contributed by atoms with E-state index in [2.05, 4.69) is 102 Å². The van der Waals surface area contributed by atoms with E-state index in [-0.39, 0.29) is 47.8 Å². The van der Waals surface area contributed by atoms with Crippen molar-refractivity contribution in [3.8, 4) is 0 Å². The van der Waals surface area contributed by atoms with Gasteiger partial charge in [0.1, 0.15) is 41.5 Å². The molecule has 60 heavy (non-hydrogen) atoms. The second-order valence-corrected chi connectivity index (χ2v) is 16.5. The number of halogens is 3. The van der Waals surface area contributed by atoms with Crippen molar-refractivity contribution in [2.75, 3.05) is 18.8 Å². The van der Waals surface area contributed by atoms with Gasteiger partial charge >= 0.3 is 18.2 Å². The molecular formula is C46H46F3N3O7S. The zero-order chi connectivity index (χ0) is 43.0. The Morgan fingerprint density at radius 1 is 0.817 bits per heavy atom. The van der Waals surface area contributed by atoms with Gasteiger partial charge in [-0.3, -0.25) is 14.5 Å². The van der Waals surface area contributed by atoms with Crippen LogP contribution in [0.2, 0.25) is 0 Å². The van der Waals surface area contributed by atoms with Crippen LogP contribution in [0.1, 0.15) is 68.1 Å². The van der Waals surface area contributed by atoms with Gasteiger partial charge in [0, 0.05) is 17.9 Å². The van der Waals surface area contributed by atoms with Crippen molar-refractivity contribution in [1.29, 1.82) is 0 Å². The molecule has 14 heteroatoms. The number of fused-ring (bicyclic) bond motifs is 1. The van der Waals surface area contributed by atoms with Crippen LogP contribution in [0, 0.1) is 0 Å². The van der Waals surface area contributed by atoms with Crippen LogP contribution < -0.4 is 5.32 Å². The van der Waals surface area contributed by atoms with Gasteiger partial charge in [0.15, 0.2) is 0 Å². The van der Waals surface area contributed by atoms with Crippen LogP contribution in [0.25, 0.3) is 0 Å². The molecule has 0 aromatic heterocycles. The maximum atomic E-state index is 12.7. The summed E-state index contributed by atoms with van der Waals surface area (Å²) < 4.78 is 50.2. The number of hydrogen-bond acceptors (Lipinski definition) is 7. The van der Waals surface area contributed by atoms with E-state index in [1.165, 1.54) is 17.8 Å². The maximum Gasteiger partial charge on any atom is 0.408 e. The molecule has 0 radical (unpaired) electrons. The summed E-state index contributed by atoms with van der Waals surface area (Å²) in [4.78, 5) is 50.8. The molecule has 0 spiro atoms. The summed E-state index contributed by atoms with van der Waals surface area (Å²) in [5, 5.41) is 11.5. The van der Waals surface area contributed by atoms with Gasteiger partial charge in [0.25, 0.3) is 5.91 Å². The number of rotatable bonds is 10. The summed E-state index contributed by atoms with van der Waals surface area (Å²) in [6.07, 6.45) is -3.85. The number of benzene rings is 4. The number of hydrogen-bond donors (Lipinski definition) is 2. The highest BCUT2D eigenvalue weighted by Gasteiger charge is 2.54. The smallest absolute Gasteiger partial charge is 0.408 e. The van der Waals surface area contributed by atoms with Crippen molar-refractivity contribution >= 4 is 35.6 Å². The summed E-state index contributed by atoms with van der Waals surface area (Å²) in [6.45, 7) is 3.55. The lowest BCUT2D eigenvalue weighted by Crippen LogP contribution is -2.70. The molecule has 0 bridgehead atoms. The zero-order valence-electron chi connectivity index (χ0n) is 33.3. The van der Waals surface area contributed by atoms with Crippen molar-refractivity contribution < 1.29 is 46.9 Å². The number of β-lactam (4-membered cyclic amide) rings is 1. The average Bonchev–Trinajstić information content (AvgIpc) is 3.22. The first-order valence-electron chi connectivity index (χ1n) is 19.4. The van der Waals surface area contributed by atoms with Crippen LogP contribution in [0.3, 0.4) is 0 Å². The van der Waals surface area contributed by atoms with Gasteiger partial charge in [0.2, 0.25) is 5.91 Å². The first-order valence-corrected chi connectivity index (χ1v) is 20.5. The minimum absolute atomic E-state index is 0.0417. The lowest BCUT2D eigenvalue weighted by Gasteiger charge is -2.49. The van der Waals surface area contributed by atoms with Crippen molar-refractivity contribution in [2.24, 2.45) is 0 Å². The fourth-order valence-corrected chi connectivity index (χ4v) is 8.42. The quantitative estimate of drug-likeness (QED) is 0.120. The van der Waals surface area contributed by atoms with Crippen LogP contribution in [-0.4, -0.2) is 80.8 Å². The highest BCUT2D eigenvalue weighted by molar-refractivity contribution is 8.00. The number of alkyl carbamates (subject to hydrolysis) is 1. The number of allylic oxidation sites excluding steroid dienone is 1. The van der Waals surface area contributed by atoms with Gasteiger partial charge < -0.3 is 24.8 Å². The van der Waals surface area contributed by atoms with Crippen molar-refractivity contribution in [1.82, 2.24) is 15.1 Å². The molecule has 3 aliphatic rings. The van der Waals surface area contributed by atoms with Crippen molar-refractivity contribution in [2.45, 2.75) is 69.0 Å². The SMILES string of the molecule is CC(C)(C)OC(=O)N[C@@H]1C(=O)N2C(C(=O)O)=C(/C=C3\CCCN(CC(F)(F)F)C3=O)CS[C@H]12.c1ccc(C(OC(c2ccccc2)c2ccccc2)c2ccccc2)cc1. The van der Waals surface area contributed by atoms with Gasteiger partial charge in [0.05, 0.1) is 0 Å². The fourth-order valence-electron chi connectivity index (χ4n) is 7.12. The first-order chi connectivity index (χ1) is 28.6. The Morgan fingerprint density at radius 2 is 1.28 bits per heavy atom. The van der Waals surface area contributed by atoms with E-state index in [1.54, 1.807) is 20.8 Å². The second-order valence-electron chi connectivity index (χ2n) is 15.4. The average molecular weight is 842 g/mol. The lowest BCUT2D eigenvalue weighted by molar-refractivity contribution is -0.160. The number of alkyl halides is 3. The van der Waals surface area contributed by atoms with Crippen LogP contribution >= 0.6 is 11.8 Å². The highest BCUT2D eigenvalue weighted by atomic mass is 32.2. The molecule has 4 aromatic rings. The number of thioether (sulfide) groups is 1. The van der Waals surface area contributed by atoms with Crippen molar-refractivity contribution in [3.63, 3.8) is 0 Å². The molecule has 3 amide bonds. The predicted molar refractivity (Wildman–Crippen MR) is 221 cm³/mol. The van der Waals surface area contributed by atoms with Gasteiger partial charge in [-0.25, -0.2) is 9.59 Å². The second kappa shape index (κ2) is 19.0. The normalized spacial score (nSPS) is 18.8. The molecule has 314 valence electrons. The van der Waals surface area contributed by atoms with E-state index in [4.69, 9.17) is 9.47 Å². The number of aliphatic carboxylic acids is 1. The number of nitrogens with zero attached hydrogens (tertiary/aromatic N) is 2. The van der Waals surface area contributed by atoms with Crippen LogP contribution in [0.5, 0.6) is 0 Å². The number of piperidine rings is 1. The molecule has 7 rings (SSSR count). The standard InChI is InChI=1S/C26H22O.C20H24F3N3O6S/c1-5-13-21(14-6-1)25(22-15-7-2-8-16-22)27-26(23-17-9-3-10-18-23)24-19-11-4-12-20-24;1-19(2,3)32-18(31)24-12-15(28)26-13(17(29)30)11(8-33-16(12)26)7-10-5-4-6-25(14(10)27)9-20(21,22)23/h1-20,25-26H;7,12,16H,4-6,8-9H2,1-3H3,(H,24,31)(H,29,30)/b;10-7+/t;12-,16-/m.1/s1. The molecule has 3 heterocycles. The minimum Gasteiger partial charge on any atom is -0.477 e. The molecule has 10 nitrogen and oxygen atoms in total. The van der Waals surface area contributed by atoms with E-state index < -0.39 is 53.6 Å². The monoisotopic (exact) mass is 841 g/mol. The Labute approximate surface area is 351 Å². The van der Waals surface area contributed by atoms with E-state index in [1.807, 2.05) is 24.3 Å². The summed E-state index contributed by atoms with van der Waals surface area (Å²) in [5.74, 6) is -2.77. The van der Waals surface area contributed by atoms with Crippen LogP contribution in [-0.2, 0) is 23.9 Å². The minimum atomic E-state index is -4.54. The van der Waals surface area contributed by atoms with Gasteiger partial charge in [-0.1, -0.05) is 121 Å². The van der Waals surface area contributed by atoms with Gasteiger partial charge in [-0.2, -0.15) is 13.2 Å². The number of nitrogens with one attached hydrogen (secondary N) is 1. The van der Waals surface area contributed by atoms with E-state index in [0.29, 0.717) is 11.3 Å². The lowest BCUT2D eigenvalue weighted by atomic mass is 9.98. The van der Waals surface area contributed by atoms with E-state index in [9.17, 15) is 37.5 Å². The summed E-state index contributed by atoms with van der Waals surface area (Å²) in [7, 11) is 0. The van der Waals surface area contributed by atoms with E-state index in [0.717, 1.165) is 27.2 Å². The summed E-state index contributed by atoms with van der Waals surface area (Å²) in [6, 6.07) is 40.7. The molecular weight excluding hydrogens is 796 g/mol. The van der Waals surface area contributed by atoms with Crippen LogP contribution in [0.4, 0.5) is 18.0 Å². The third-order valence-electron chi connectivity index (χ3n) is 9.71. The van der Waals surface area contributed by atoms with Gasteiger partial charge in [-0.15, -0.1) is 11.8 Å². The highest BCUT2D eigenvalue weighted by Crippen LogP contribution is 2.42. The number of ether oxygens (including phenoxy) is 2. The molecule has 3 aliphatic heterocycles. The topological polar surface area (TPSA) is 125 Å². The molecule has 0 saturated carbocycles. The van der Waals surface area contributed by atoms with Crippen LogP contribution in [0.15, 0.2) is 144 Å². The third kappa shape index (κ3) is 11.0. The number of carboxylic acid groups (broad SMARTS) is 1. The van der Waals surface area contributed by atoms with Gasteiger partial charge in [-0.05, 0) is 67.5 Å². The number of carbonyl (C=O) groups is 4. The molecule has 2 saturated heterocycles. The Balaban J connectivity index is 0.000000205. The third-order valence-corrected chi connectivity index (χ3v) is 11.0. The Bertz CT molecular complexity index is 2040. The molecule has 0 aliphatic carbocycles. The first kappa shape index (κ1) is 43.7.